The summed E-state index contributed by atoms with van der Waals surface area (Å²) in [5, 5.41) is 4.55. The number of carbonyl (C=O) groups is 1. The standard InChI is InChI=1S/C14H15N3O2S3/c18-13-16(8-9-19-13)7-4-10-21-12-15-17(14(20)22-12)11-5-2-1-3-6-11/h1-3,5-6H,4,7-10H2. The van der Waals surface area contributed by atoms with Crippen molar-refractivity contribution in [3.05, 3.63) is 34.3 Å². The maximum absolute atomic E-state index is 11.3. The summed E-state index contributed by atoms with van der Waals surface area (Å²) in [5.74, 6) is 0.904. The van der Waals surface area contributed by atoms with Crippen molar-refractivity contribution in [2.75, 3.05) is 25.4 Å². The van der Waals surface area contributed by atoms with Gasteiger partial charge >= 0.3 is 6.09 Å². The number of hydrogen-bond acceptors (Lipinski definition) is 6. The summed E-state index contributed by atoms with van der Waals surface area (Å²) in [4.78, 5) is 13.1. The van der Waals surface area contributed by atoms with Crippen LogP contribution in [0.5, 0.6) is 0 Å². The van der Waals surface area contributed by atoms with E-state index in [1.165, 1.54) is 11.3 Å². The predicted molar refractivity (Wildman–Crippen MR) is 90.5 cm³/mol. The average Bonchev–Trinajstić information content (AvgIpc) is 3.10. The Morgan fingerprint density at radius 3 is 2.91 bits per heavy atom. The quantitative estimate of drug-likeness (QED) is 0.451. The summed E-state index contributed by atoms with van der Waals surface area (Å²) in [6, 6.07) is 9.89. The molecule has 0 spiro atoms. The molecule has 2 aromatic rings. The molecule has 1 fully saturated rings. The number of hydrogen-bond donors (Lipinski definition) is 0. The zero-order valence-corrected chi connectivity index (χ0v) is 14.3. The van der Waals surface area contributed by atoms with E-state index in [-0.39, 0.29) is 6.09 Å². The second kappa shape index (κ2) is 7.26. The first-order valence-electron chi connectivity index (χ1n) is 6.94. The Kier molecular flexibility index (Phi) is 5.12. The monoisotopic (exact) mass is 353 g/mol. The fourth-order valence-corrected chi connectivity index (χ4v) is 4.45. The van der Waals surface area contributed by atoms with Gasteiger partial charge in [0, 0.05) is 12.3 Å². The van der Waals surface area contributed by atoms with Gasteiger partial charge < -0.3 is 9.64 Å². The van der Waals surface area contributed by atoms with Crippen molar-refractivity contribution in [2.24, 2.45) is 0 Å². The number of cyclic esters (lactones) is 1. The van der Waals surface area contributed by atoms with Crippen molar-refractivity contribution >= 4 is 41.4 Å². The van der Waals surface area contributed by atoms with E-state index >= 15 is 0 Å². The van der Waals surface area contributed by atoms with Crippen molar-refractivity contribution < 1.29 is 9.53 Å². The molecule has 1 aliphatic heterocycles. The molecule has 116 valence electrons. The Balaban J connectivity index is 1.53. The molecule has 1 saturated heterocycles. The Bertz CT molecular complexity index is 699. The summed E-state index contributed by atoms with van der Waals surface area (Å²) in [5.41, 5.74) is 0.982. The number of rotatable bonds is 6. The van der Waals surface area contributed by atoms with E-state index < -0.39 is 0 Å². The van der Waals surface area contributed by atoms with Crippen molar-refractivity contribution in [2.45, 2.75) is 10.8 Å². The Morgan fingerprint density at radius 1 is 1.36 bits per heavy atom. The third-order valence-corrected chi connectivity index (χ3v) is 5.62. The first-order chi connectivity index (χ1) is 10.7. The molecule has 5 nitrogen and oxygen atoms in total. The average molecular weight is 353 g/mol. The number of nitrogens with zero attached hydrogens (tertiary/aromatic N) is 3. The zero-order valence-electron chi connectivity index (χ0n) is 11.8. The van der Waals surface area contributed by atoms with Crippen LogP contribution in [0, 0.1) is 3.95 Å². The van der Waals surface area contributed by atoms with Crippen molar-refractivity contribution in [3.8, 4) is 5.69 Å². The number of ether oxygens (including phenoxy) is 1. The van der Waals surface area contributed by atoms with Crippen LogP contribution in [0.3, 0.4) is 0 Å². The van der Waals surface area contributed by atoms with Crippen LogP contribution in [-0.4, -0.2) is 46.2 Å². The molecule has 1 aromatic carbocycles. The van der Waals surface area contributed by atoms with Gasteiger partial charge in [-0.1, -0.05) is 41.3 Å². The lowest BCUT2D eigenvalue weighted by molar-refractivity contribution is 0.158. The number of benzene rings is 1. The Labute approximate surface area is 141 Å². The number of aromatic nitrogens is 2. The molecule has 0 N–H and O–H groups in total. The lowest BCUT2D eigenvalue weighted by Gasteiger charge is -2.10. The molecule has 2 heterocycles. The van der Waals surface area contributed by atoms with Gasteiger partial charge in [0.1, 0.15) is 6.61 Å². The maximum atomic E-state index is 11.3. The Morgan fingerprint density at radius 2 is 2.18 bits per heavy atom. The van der Waals surface area contributed by atoms with Gasteiger partial charge in [-0.25, -0.2) is 9.48 Å². The molecule has 0 saturated carbocycles. The minimum atomic E-state index is -0.200. The molecule has 1 amide bonds. The lowest BCUT2D eigenvalue weighted by atomic mass is 10.3. The third-order valence-electron chi connectivity index (χ3n) is 3.17. The molecule has 22 heavy (non-hydrogen) atoms. The third kappa shape index (κ3) is 3.68. The van der Waals surface area contributed by atoms with E-state index in [1.54, 1.807) is 21.3 Å². The van der Waals surface area contributed by atoms with Crippen LogP contribution in [0.1, 0.15) is 6.42 Å². The summed E-state index contributed by atoms with van der Waals surface area (Å²) in [7, 11) is 0. The highest BCUT2D eigenvalue weighted by atomic mass is 32.2. The van der Waals surface area contributed by atoms with Gasteiger partial charge in [0.05, 0.1) is 12.2 Å². The molecular formula is C14H15N3O2S3. The van der Waals surface area contributed by atoms with E-state index in [1.807, 2.05) is 30.3 Å². The van der Waals surface area contributed by atoms with Gasteiger partial charge in [-0.15, -0.1) is 5.10 Å². The second-order valence-corrected chi connectivity index (χ2v) is 7.65. The summed E-state index contributed by atoms with van der Waals surface area (Å²) in [6.45, 7) is 1.94. The van der Waals surface area contributed by atoms with Crippen molar-refractivity contribution in [1.29, 1.82) is 0 Å². The maximum Gasteiger partial charge on any atom is 0.409 e. The van der Waals surface area contributed by atoms with E-state index in [2.05, 4.69) is 5.10 Å². The molecular weight excluding hydrogens is 338 g/mol. The first-order valence-corrected chi connectivity index (χ1v) is 9.15. The van der Waals surface area contributed by atoms with Gasteiger partial charge in [0.2, 0.25) is 0 Å². The molecule has 8 heteroatoms. The first kappa shape index (κ1) is 15.5. The van der Waals surface area contributed by atoms with Crippen molar-refractivity contribution in [1.82, 2.24) is 14.7 Å². The fourth-order valence-electron chi connectivity index (χ4n) is 2.10. The predicted octanol–water partition coefficient (Wildman–Crippen LogP) is 3.60. The van der Waals surface area contributed by atoms with Gasteiger partial charge in [-0.05, 0) is 30.8 Å². The fraction of sp³-hybridized carbons (Fsp3) is 0.357. The van der Waals surface area contributed by atoms with Crippen LogP contribution in [0.4, 0.5) is 4.79 Å². The van der Waals surface area contributed by atoms with Crippen LogP contribution in [-0.2, 0) is 4.74 Å². The number of carbonyl (C=O) groups excluding carboxylic acids is 1. The highest BCUT2D eigenvalue weighted by molar-refractivity contribution is 8.01. The van der Waals surface area contributed by atoms with Crippen molar-refractivity contribution in [3.63, 3.8) is 0 Å². The van der Waals surface area contributed by atoms with Crippen LogP contribution in [0.25, 0.3) is 5.69 Å². The summed E-state index contributed by atoms with van der Waals surface area (Å²) in [6.07, 6.45) is 0.714. The smallest absolute Gasteiger partial charge is 0.409 e. The SMILES string of the molecule is O=C1OCCN1CCCSc1nn(-c2ccccc2)c(=S)s1. The Hall–Kier alpha value is -1.38. The number of para-hydroxylation sites is 1. The normalized spacial score (nSPS) is 14.4. The zero-order chi connectivity index (χ0) is 15.4. The van der Waals surface area contributed by atoms with Gasteiger partial charge in [0.25, 0.3) is 0 Å². The van der Waals surface area contributed by atoms with Gasteiger partial charge in [-0.3, -0.25) is 0 Å². The van der Waals surface area contributed by atoms with Crippen LogP contribution in [0.15, 0.2) is 34.7 Å². The minimum Gasteiger partial charge on any atom is -0.448 e. The molecule has 0 radical (unpaired) electrons. The highest BCUT2D eigenvalue weighted by Crippen LogP contribution is 2.24. The summed E-state index contributed by atoms with van der Waals surface area (Å²) >= 11 is 8.57. The molecule has 0 bridgehead atoms. The van der Waals surface area contributed by atoms with E-state index in [0.29, 0.717) is 13.2 Å². The number of amides is 1. The van der Waals surface area contributed by atoms with E-state index in [4.69, 9.17) is 17.0 Å². The van der Waals surface area contributed by atoms with Crippen LogP contribution >= 0.6 is 35.3 Å². The van der Waals surface area contributed by atoms with Gasteiger partial charge in [0.15, 0.2) is 8.29 Å². The van der Waals surface area contributed by atoms with Gasteiger partial charge in [-0.2, -0.15) is 0 Å². The largest absolute Gasteiger partial charge is 0.448 e. The molecule has 0 atom stereocenters. The molecule has 0 aliphatic carbocycles. The molecule has 3 rings (SSSR count). The summed E-state index contributed by atoms with van der Waals surface area (Å²) < 4.78 is 8.40. The van der Waals surface area contributed by atoms with E-state index in [0.717, 1.165) is 32.7 Å². The molecule has 1 aliphatic rings. The van der Waals surface area contributed by atoms with Crippen LogP contribution < -0.4 is 0 Å². The minimum absolute atomic E-state index is 0.200. The molecule has 0 unspecified atom stereocenters. The van der Waals surface area contributed by atoms with Crippen LogP contribution in [0.2, 0.25) is 0 Å². The topological polar surface area (TPSA) is 47.4 Å². The number of thioether (sulfide) groups is 1. The highest BCUT2D eigenvalue weighted by Gasteiger charge is 2.20. The lowest BCUT2D eigenvalue weighted by Crippen LogP contribution is -2.25. The second-order valence-electron chi connectivity index (χ2n) is 4.68. The van der Waals surface area contributed by atoms with E-state index in [9.17, 15) is 4.79 Å². The molecule has 1 aromatic heterocycles.